The second kappa shape index (κ2) is 8.55. The van der Waals surface area contributed by atoms with Crippen LogP contribution in [-0.4, -0.2) is 34.4 Å². The quantitative estimate of drug-likeness (QED) is 0.742. The summed E-state index contributed by atoms with van der Waals surface area (Å²) in [5.74, 6) is 1.14. The van der Waals surface area contributed by atoms with E-state index in [0.717, 1.165) is 37.2 Å². The number of amides is 1. The van der Waals surface area contributed by atoms with Crippen molar-refractivity contribution in [1.82, 2.24) is 9.88 Å². The average molecular weight is 366 g/mol. The van der Waals surface area contributed by atoms with Crippen molar-refractivity contribution in [3.8, 4) is 0 Å². The van der Waals surface area contributed by atoms with Crippen molar-refractivity contribution in [2.45, 2.75) is 65.1 Å². The van der Waals surface area contributed by atoms with Gasteiger partial charge < -0.3 is 9.80 Å². The largest absolute Gasteiger partial charge is 0.351 e. The number of carbonyl (C=O) groups is 1. The molecule has 4 nitrogen and oxygen atoms in total. The predicted octanol–water partition coefficient (Wildman–Crippen LogP) is 5.07. The molecule has 1 fully saturated rings. The zero-order valence-corrected chi connectivity index (χ0v) is 16.9. The van der Waals surface area contributed by atoms with Gasteiger partial charge in [-0.3, -0.25) is 4.79 Å². The van der Waals surface area contributed by atoms with Crippen LogP contribution in [0, 0.1) is 0 Å². The second-order valence-electron chi connectivity index (χ2n) is 7.89. The van der Waals surface area contributed by atoms with Crippen LogP contribution in [0.15, 0.2) is 48.7 Å². The van der Waals surface area contributed by atoms with Gasteiger partial charge in [0.2, 0.25) is 0 Å². The number of hydrogen-bond donors (Lipinski definition) is 0. The first-order chi connectivity index (χ1) is 13.0. The monoisotopic (exact) mass is 365 g/mol. The summed E-state index contributed by atoms with van der Waals surface area (Å²) in [6.45, 7) is 9.60. The molecule has 0 saturated carbocycles. The van der Waals surface area contributed by atoms with E-state index in [1.807, 2.05) is 42.6 Å². The number of piperidine rings is 1. The van der Waals surface area contributed by atoms with Gasteiger partial charge in [0.1, 0.15) is 5.82 Å². The van der Waals surface area contributed by atoms with Crippen LogP contribution in [0.3, 0.4) is 0 Å². The van der Waals surface area contributed by atoms with Gasteiger partial charge in [-0.2, -0.15) is 0 Å². The van der Waals surface area contributed by atoms with Gasteiger partial charge in [-0.15, -0.1) is 0 Å². The van der Waals surface area contributed by atoms with Crippen LogP contribution < -0.4 is 4.90 Å². The van der Waals surface area contributed by atoms with Gasteiger partial charge in [-0.05, 0) is 65.2 Å². The molecule has 0 bridgehead atoms. The molecule has 1 aliphatic heterocycles. The minimum Gasteiger partial charge on any atom is -0.351 e. The highest BCUT2D eigenvalue weighted by Crippen LogP contribution is 2.37. The molecule has 1 aromatic heterocycles. The van der Waals surface area contributed by atoms with Crippen LogP contribution in [0.2, 0.25) is 0 Å². The van der Waals surface area contributed by atoms with Crippen molar-refractivity contribution in [2.75, 3.05) is 11.4 Å². The molecule has 0 aliphatic carbocycles. The van der Waals surface area contributed by atoms with E-state index in [4.69, 9.17) is 4.98 Å². The summed E-state index contributed by atoms with van der Waals surface area (Å²) in [5.41, 5.74) is 1.93. The highest BCUT2D eigenvalue weighted by Gasteiger charge is 2.32. The van der Waals surface area contributed by atoms with Gasteiger partial charge >= 0.3 is 0 Å². The summed E-state index contributed by atoms with van der Waals surface area (Å²) in [6, 6.07) is 14.6. The Hall–Kier alpha value is -2.36. The smallest absolute Gasteiger partial charge is 0.254 e. The van der Waals surface area contributed by atoms with Gasteiger partial charge in [0.25, 0.3) is 5.91 Å². The minimum atomic E-state index is 0.0788. The Labute approximate surface area is 163 Å². The molecule has 0 unspecified atom stereocenters. The lowest BCUT2D eigenvalue weighted by molar-refractivity contribution is 0.0611. The molecule has 0 spiro atoms. The summed E-state index contributed by atoms with van der Waals surface area (Å²) in [4.78, 5) is 22.4. The third-order valence-electron chi connectivity index (χ3n) is 5.32. The summed E-state index contributed by atoms with van der Waals surface area (Å²) in [7, 11) is 0. The number of aromatic nitrogens is 1. The summed E-state index contributed by atoms with van der Waals surface area (Å²) < 4.78 is 0. The van der Waals surface area contributed by atoms with Gasteiger partial charge in [-0.1, -0.05) is 24.3 Å². The van der Waals surface area contributed by atoms with E-state index >= 15 is 0 Å². The highest BCUT2D eigenvalue weighted by atomic mass is 16.2. The Balaban J connectivity index is 2.00. The van der Waals surface area contributed by atoms with Gasteiger partial charge in [0.05, 0.1) is 6.04 Å². The van der Waals surface area contributed by atoms with Gasteiger partial charge in [0.15, 0.2) is 0 Å². The molecule has 27 heavy (non-hydrogen) atoms. The lowest BCUT2D eigenvalue weighted by Gasteiger charge is -2.40. The van der Waals surface area contributed by atoms with Crippen molar-refractivity contribution in [2.24, 2.45) is 0 Å². The lowest BCUT2D eigenvalue weighted by atomic mass is 9.94. The maximum Gasteiger partial charge on any atom is 0.254 e. The molecule has 144 valence electrons. The topological polar surface area (TPSA) is 36.4 Å². The Bertz CT molecular complexity index is 749. The zero-order valence-electron chi connectivity index (χ0n) is 16.9. The molecular weight excluding hydrogens is 334 g/mol. The third kappa shape index (κ3) is 4.15. The molecule has 0 N–H and O–H groups in total. The van der Waals surface area contributed by atoms with E-state index in [2.05, 4.69) is 43.6 Å². The highest BCUT2D eigenvalue weighted by molar-refractivity contribution is 5.94. The van der Waals surface area contributed by atoms with Crippen LogP contribution >= 0.6 is 0 Å². The number of nitrogens with zero attached hydrogens (tertiary/aromatic N) is 3. The number of likely N-dealkylation sites (tertiary alicyclic amines) is 1. The molecular formula is C23H31N3O. The number of anilines is 1. The van der Waals surface area contributed by atoms with E-state index in [1.54, 1.807) is 0 Å². The average Bonchev–Trinajstić information content (AvgIpc) is 2.68. The number of carbonyl (C=O) groups excluding carboxylic acids is 1. The van der Waals surface area contributed by atoms with Crippen molar-refractivity contribution >= 4 is 11.7 Å². The van der Waals surface area contributed by atoms with Crippen LogP contribution in [0.1, 0.15) is 68.9 Å². The molecule has 3 rings (SSSR count). The molecule has 0 radical (unpaired) electrons. The fourth-order valence-electron chi connectivity index (χ4n) is 4.22. The summed E-state index contributed by atoms with van der Waals surface area (Å²) in [5, 5.41) is 0. The van der Waals surface area contributed by atoms with E-state index in [9.17, 15) is 4.79 Å². The van der Waals surface area contributed by atoms with Gasteiger partial charge in [-0.25, -0.2) is 4.98 Å². The van der Waals surface area contributed by atoms with Gasteiger partial charge in [0, 0.05) is 36.0 Å². The van der Waals surface area contributed by atoms with Crippen LogP contribution in [-0.2, 0) is 0 Å². The molecule has 2 heterocycles. The number of hydrogen-bond acceptors (Lipinski definition) is 3. The molecule has 1 saturated heterocycles. The predicted molar refractivity (Wildman–Crippen MR) is 111 cm³/mol. The lowest BCUT2D eigenvalue weighted by Crippen LogP contribution is -2.42. The summed E-state index contributed by atoms with van der Waals surface area (Å²) in [6.07, 6.45) is 5.05. The first-order valence-corrected chi connectivity index (χ1v) is 10.1. The molecule has 1 amide bonds. The maximum atomic E-state index is 13.2. The SMILES string of the molecule is CC(C)N(c1ncccc1[C@@H]1CCCCN1C(=O)c1ccccc1)C(C)C. The molecule has 4 heteroatoms. The first kappa shape index (κ1) is 19.4. The van der Waals surface area contributed by atoms with E-state index in [-0.39, 0.29) is 11.9 Å². The fourth-order valence-corrected chi connectivity index (χ4v) is 4.22. The van der Waals surface area contributed by atoms with Crippen molar-refractivity contribution in [3.63, 3.8) is 0 Å². The molecule has 2 aromatic rings. The van der Waals surface area contributed by atoms with E-state index in [0.29, 0.717) is 12.1 Å². The summed E-state index contributed by atoms with van der Waals surface area (Å²) >= 11 is 0. The molecule has 1 atom stereocenters. The number of rotatable bonds is 5. The number of pyridine rings is 1. The number of benzene rings is 1. The third-order valence-corrected chi connectivity index (χ3v) is 5.32. The van der Waals surface area contributed by atoms with E-state index in [1.165, 1.54) is 5.56 Å². The Morgan fingerprint density at radius 2 is 1.74 bits per heavy atom. The first-order valence-electron chi connectivity index (χ1n) is 10.1. The Kier molecular flexibility index (Phi) is 6.15. The standard InChI is InChI=1S/C23H31N3O/c1-17(2)26(18(3)4)22-20(13-10-15-24-22)21-14-8-9-16-25(21)23(27)19-11-6-5-7-12-19/h5-7,10-13,15,17-18,21H,8-9,14,16H2,1-4H3/t21-/m0/s1. The normalized spacial score (nSPS) is 17.4. The van der Waals surface area contributed by atoms with Crippen LogP contribution in [0.4, 0.5) is 5.82 Å². The van der Waals surface area contributed by atoms with Crippen molar-refractivity contribution in [1.29, 1.82) is 0 Å². The van der Waals surface area contributed by atoms with Crippen molar-refractivity contribution in [3.05, 3.63) is 59.8 Å². The Morgan fingerprint density at radius 1 is 1.04 bits per heavy atom. The Morgan fingerprint density at radius 3 is 2.41 bits per heavy atom. The molecule has 1 aliphatic rings. The zero-order chi connectivity index (χ0) is 19.4. The molecule has 1 aromatic carbocycles. The fraction of sp³-hybridized carbons (Fsp3) is 0.478. The second-order valence-corrected chi connectivity index (χ2v) is 7.89. The van der Waals surface area contributed by atoms with Crippen LogP contribution in [0.5, 0.6) is 0 Å². The van der Waals surface area contributed by atoms with Crippen LogP contribution in [0.25, 0.3) is 0 Å². The maximum absolute atomic E-state index is 13.2. The minimum absolute atomic E-state index is 0.0788. The van der Waals surface area contributed by atoms with Crippen molar-refractivity contribution < 1.29 is 4.79 Å². The van der Waals surface area contributed by atoms with E-state index < -0.39 is 0 Å².